The molecule has 0 unspecified atom stereocenters. The summed E-state index contributed by atoms with van der Waals surface area (Å²) < 4.78 is 7.99. The maximum absolute atomic E-state index is 12.7. The van der Waals surface area contributed by atoms with Crippen molar-refractivity contribution < 1.29 is 14.3 Å². The molecule has 0 spiro atoms. The molecule has 3 rings (SSSR count). The van der Waals surface area contributed by atoms with E-state index in [1.165, 1.54) is 10.6 Å². The number of nitrogens with one attached hydrogen (secondary N) is 1. The zero-order chi connectivity index (χ0) is 21.0. The highest BCUT2D eigenvalue weighted by atomic mass is 35.5. The fraction of sp³-hybridized carbons (Fsp3) is 0.250. The van der Waals surface area contributed by atoms with E-state index < -0.39 is 18.5 Å². The van der Waals surface area contributed by atoms with Gasteiger partial charge in [0.2, 0.25) is 0 Å². The normalized spacial score (nSPS) is 10.9. The number of benzene rings is 2. The summed E-state index contributed by atoms with van der Waals surface area (Å²) in [7, 11) is 0. The second kappa shape index (κ2) is 9.15. The predicted molar refractivity (Wildman–Crippen MR) is 113 cm³/mol. The van der Waals surface area contributed by atoms with Crippen LogP contribution >= 0.6 is 23.2 Å². The predicted octanol–water partition coefficient (Wildman–Crippen LogP) is 3.70. The fourth-order valence-corrected chi connectivity index (χ4v) is 3.30. The minimum absolute atomic E-state index is 0.290. The van der Waals surface area contributed by atoms with Gasteiger partial charge in [-0.3, -0.25) is 18.7 Å². The van der Waals surface area contributed by atoms with E-state index in [9.17, 15) is 14.4 Å². The number of carbonyl (C=O) groups is 2. The number of nitrogens with zero attached hydrogens (tertiary/aromatic N) is 2. The minimum atomic E-state index is -0.696. The van der Waals surface area contributed by atoms with Crippen molar-refractivity contribution in [3.63, 3.8) is 0 Å². The molecule has 0 radical (unpaired) electrons. The maximum Gasteiger partial charge on any atom is 0.329 e. The Bertz CT molecular complexity index is 1120. The van der Waals surface area contributed by atoms with Crippen LogP contribution in [-0.2, 0) is 27.4 Å². The third kappa shape index (κ3) is 4.81. The molecule has 0 bridgehead atoms. The van der Waals surface area contributed by atoms with Gasteiger partial charge in [-0.2, -0.15) is 0 Å². The first-order valence-corrected chi connectivity index (χ1v) is 9.75. The molecule has 29 heavy (non-hydrogen) atoms. The van der Waals surface area contributed by atoms with E-state index in [4.69, 9.17) is 27.9 Å². The van der Waals surface area contributed by atoms with Gasteiger partial charge in [0.05, 0.1) is 21.7 Å². The molecule has 2 aromatic carbocycles. The number of ether oxygens (including phenoxy) is 1. The van der Waals surface area contributed by atoms with Crippen LogP contribution in [0.4, 0.5) is 5.69 Å². The van der Waals surface area contributed by atoms with Gasteiger partial charge < -0.3 is 10.1 Å². The molecule has 0 aliphatic heterocycles. The number of fused-ring (bicyclic) bond motifs is 1. The number of aryl methyl sites for hydroxylation is 1. The Morgan fingerprint density at radius 3 is 2.45 bits per heavy atom. The van der Waals surface area contributed by atoms with E-state index in [-0.39, 0.29) is 12.2 Å². The first-order chi connectivity index (χ1) is 13.9. The van der Waals surface area contributed by atoms with Crippen molar-refractivity contribution in [1.82, 2.24) is 9.13 Å². The lowest BCUT2D eigenvalue weighted by Gasteiger charge is -2.09. The highest BCUT2D eigenvalue weighted by Gasteiger charge is 2.16. The first kappa shape index (κ1) is 21.0. The van der Waals surface area contributed by atoms with Crippen LogP contribution in [0.5, 0.6) is 0 Å². The van der Waals surface area contributed by atoms with Crippen LogP contribution < -0.4 is 11.0 Å². The molecule has 0 atom stereocenters. The zero-order valence-corrected chi connectivity index (χ0v) is 17.2. The number of anilines is 1. The van der Waals surface area contributed by atoms with E-state index in [0.717, 1.165) is 11.9 Å². The number of esters is 1. The van der Waals surface area contributed by atoms with Crippen molar-refractivity contribution in [2.75, 3.05) is 11.9 Å². The molecule has 0 saturated heterocycles. The maximum atomic E-state index is 12.7. The first-order valence-electron chi connectivity index (χ1n) is 8.99. The SMILES string of the molecule is CCCn1c(=O)n(CC(=O)OCC(=O)Nc2cc(Cl)ccc2Cl)c2ccccc21. The van der Waals surface area contributed by atoms with Crippen molar-refractivity contribution in [2.45, 2.75) is 26.4 Å². The van der Waals surface area contributed by atoms with E-state index >= 15 is 0 Å². The van der Waals surface area contributed by atoms with Crippen LogP contribution in [0.25, 0.3) is 11.0 Å². The minimum Gasteiger partial charge on any atom is -0.454 e. The van der Waals surface area contributed by atoms with Gasteiger partial charge >= 0.3 is 11.7 Å². The van der Waals surface area contributed by atoms with Crippen LogP contribution in [0.3, 0.4) is 0 Å². The zero-order valence-electron chi connectivity index (χ0n) is 15.7. The van der Waals surface area contributed by atoms with Crippen molar-refractivity contribution in [3.05, 3.63) is 63.0 Å². The number of aromatic nitrogens is 2. The Balaban J connectivity index is 1.67. The molecule has 1 N–H and O–H groups in total. The van der Waals surface area contributed by atoms with Gasteiger partial charge in [-0.25, -0.2) is 4.79 Å². The van der Waals surface area contributed by atoms with Crippen molar-refractivity contribution >= 4 is 51.8 Å². The van der Waals surface area contributed by atoms with Crippen LogP contribution in [0, 0.1) is 0 Å². The van der Waals surface area contributed by atoms with E-state index in [2.05, 4.69) is 5.32 Å². The molecule has 1 amide bonds. The fourth-order valence-electron chi connectivity index (χ4n) is 2.97. The quantitative estimate of drug-likeness (QED) is 0.573. The number of halogens is 2. The molecule has 1 heterocycles. The van der Waals surface area contributed by atoms with Crippen LogP contribution in [0.2, 0.25) is 10.0 Å². The van der Waals surface area contributed by atoms with Crippen LogP contribution in [0.1, 0.15) is 13.3 Å². The third-order valence-corrected chi connectivity index (χ3v) is 4.79. The summed E-state index contributed by atoms with van der Waals surface area (Å²) in [6.07, 6.45) is 0.782. The summed E-state index contributed by atoms with van der Waals surface area (Å²) >= 11 is 11.9. The number of carbonyl (C=O) groups excluding carboxylic acids is 2. The van der Waals surface area contributed by atoms with E-state index in [1.54, 1.807) is 28.8 Å². The molecule has 7 nitrogen and oxygen atoms in total. The number of hydrogen-bond donors (Lipinski definition) is 1. The summed E-state index contributed by atoms with van der Waals surface area (Å²) in [6, 6.07) is 11.9. The molecule has 1 aromatic heterocycles. The summed E-state index contributed by atoms with van der Waals surface area (Å²) in [5.74, 6) is -1.26. The van der Waals surface area contributed by atoms with Gasteiger partial charge in [0.25, 0.3) is 5.91 Å². The smallest absolute Gasteiger partial charge is 0.329 e. The Labute approximate surface area is 176 Å². The third-order valence-electron chi connectivity index (χ3n) is 4.23. The van der Waals surface area contributed by atoms with Crippen molar-refractivity contribution in [2.24, 2.45) is 0 Å². The lowest BCUT2D eigenvalue weighted by atomic mass is 10.3. The Hall–Kier alpha value is -2.77. The topological polar surface area (TPSA) is 82.3 Å². The standard InChI is InChI=1S/C20H19Cl2N3O4/c1-2-9-24-16-5-3-4-6-17(16)25(20(24)28)11-19(27)29-12-18(26)23-15-10-13(21)7-8-14(15)22/h3-8,10H,2,9,11-12H2,1H3,(H,23,26). The summed E-state index contributed by atoms with van der Waals surface area (Å²) in [5.41, 5.74) is 1.41. The van der Waals surface area contributed by atoms with Crippen LogP contribution in [-0.4, -0.2) is 27.6 Å². The Morgan fingerprint density at radius 2 is 1.76 bits per heavy atom. The second-order valence-corrected chi connectivity index (χ2v) is 7.19. The van der Waals surface area contributed by atoms with Gasteiger partial charge in [-0.1, -0.05) is 42.3 Å². The molecule has 0 fully saturated rings. The molecule has 152 valence electrons. The van der Waals surface area contributed by atoms with Gasteiger partial charge in [-0.15, -0.1) is 0 Å². The largest absolute Gasteiger partial charge is 0.454 e. The molecule has 0 saturated carbocycles. The number of amides is 1. The molecule has 9 heteroatoms. The molecular formula is C20H19Cl2N3O4. The Morgan fingerprint density at radius 1 is 1.07 bits per heavy atom. The number of imidazole rings is 1. The van der Waals surface area contributed by atoms with E-state index in [0.29, 0.717) is 27.8 Å². The number of hydrogen-bond acceptors (Lipinski definition) is 4. The van der Waals surface area contributed by atoms with E-state index in [1.807, 2.05) is 19.1 Å². The average molecular weight is 436 g/mol. The summed E-state index contributed by atoms with van der Waals surface area (Å²) in [6.45, 7) is 1.72. The van der Waals surface area contributed by atoms with Gasteiger partial charge in [0.1, 0.15) is 6.54 Å². The molecular weight excluding hydrogens is 417 g/mol. The monoisotopic (exact) mass is 435 g/mol. The highest BCUT2D eigenvalue weighted by Crippen LogP contribution is 2.25. The molecule has 3 aromatic rings. The highest BCUT2D eigenvalue weighted by molar-refractivity contribution is 6.35. The molecule has 0 aliphatic carbocycles. The number of rotatable bonds is 7. The summed E-state index contributed by atoms with van der Waals surface area (Å²) in [4.78, 5) is 36.9. The van der Waals surface area contributed by atoms with Gasteiger partial charge in [0.15, 0.2) is 6.61 Å². The lowest BCUT2D eigenvalue weighted by molar-refractivity contribution is -0.147. The lowest BCUT2D eigenvalue weighted by Crippen LogP contribution is -2.29. The summed E-state index contributed by atoms with van der Waals surface area (Å²) in [5, 5.41) is 3.24. The van der Waals surface area contributed by atoms with Crippen molar-refractivity contribution in [1.29, 1.82) is 0 Å². The molecule has 0 aliphatic rings. The average Bonchev–Trinajstić information content (AvgIpc) is 2.95. The second-order valence-electron chi connectivity index (χ2n) is 6.34. The van der Waals surface area contributed by atoms with Crippen molar-refractivity contribution in [3.8, 4) is 0 Å². The Kier molecular flexibility index (Phi) is 6.61. The van der Waals surface area contributed by atoms with Crippen LogP contribution in [0.15, 0.2) is 47.3 Å². The van der Waals surface area contributed by atoms with Gasteiger partial charge in [-0.05, 0) is 36.8 Å². The number of para-hydroxylation sites is 2. The van der Waals surface area contributed by atoms with Gasteiger partial charge in [0, 0.05) is 11.6 Å².